The molecule has 2 aromatic heterocycles. The Morgan fingerprint density at radius 3 is 2.85 bits per heavy atom. The number of hydrogen-bond acceptors (Lipinski definition) is 5. The second kappa shape index (κ2) is 7.78. The van der Waals surface area contributed by atoms with E-state index in [0.717, 1.165) is 38.2 Å². The number of H-pyrrole nitrogens is 1. The summed E-state index contributed by atoms with van der Waals surface area (Å²) in [5.41, 5.74) is 1.77. The van der Waals surface area contributed by atoms with E-state index in [9.17, 15) is 4.79 Å². The molecule has 0 aliphatic carbocycles. The molecule has 2 aromatic rings. The normalized spacial score (nSPS) is 20.1. The van der Waals surface area contributed by atoms with Gasteiger partial charge in [0, 0.05) is 25.8 Å². The van der Waals surface area contributed by atoms with Crippen molar-refractivity contribution in [2.75, 3.05) is 39.3 Å². The number of carbonyl (C=O) groups is 1. The average molecular weight is 369 g/mol. The van der Waals surface area contributed by atoms with Crippen LogP contribution in [0.3, 0.4) is 0 Å². The average Bonchev–Trinajstić information content (AvgIpc) is 3.21. The molecule has 2 aliphatic heterocycles. The number of nitrogens with one attached hydrogen (secondary N) is 1. The van der Waals surface area contributed by atoms with Crippen molar-refractivity contribution in [1.82, 2.24) is 25.0 Å². The number of amides is 1. The summed E-state index contributed by atoms with van der Waals surface area (Å²) in [5.74, 6) is -0.0108. The van der Waals surface area contributed by atoms with Gasteiger partial charge in [0.15, 0.2) is 0 Å². The topological polar surface area (TPSA) is 74.4 Å². The molecule has 1 amide bonds. The lowest BCUT2D eigenvalue weighted by Gasteiger charge is -2.47. The van der Waals surface area contributed by atoms with Gasteiger partial charge in [-0.15, -0.1) is 0 Å². The zero-order chi connectivity index (χ0) is 18.7. The zero-order valence-electron chi connectivity index (χ0n) is 15.9. The Balaban J connectivity index is 1.43. The van der Waals surface area contributed by atoms with Crippen molar-refractivity contribution in [2.24, 2.45) is 0 Å². The first-order valence-corrected chi connectivity index (χ1v) is 9.81. The maximum absolute atomic E-state index is 13.0. The lowest BCUT2D eigenvalue weighted by Crippen LogP contribution is -2.58. The Labute approximate surface area is 159 Å². The molecule has 0 aromatic carbocycles. The fraction of sp³-hybridized carbons (Fsp3) is 0.550. The highest BCUT2D eigenvalue weighted by Crippen LogP contribution is 2.31. The first-order chi connectivity index (χ1) is 13.2. The largest absolute Gasteiger partial charge is 0.371 e. The summed E-state index contributed by atoms with van der Waals surface area (Å²) in [4.78, 5) is 21.7. The monoisotopic (exact) mass is 369 g/mol. The Morgan fingerprint density at radius 1 is 1.26 bits per heavy atom. The second-order valence-electron chi connectivity index (χ2n) is 7.48. The van der Waals surface area contributed by atoms with E-state index < -0.39 is 0 Å². The Hall–Kier alpha value is -2.25. The van der Waals surface area contributed by atoms with E-state index in [0.29, 0.717) is 31.1 Å². The Morgan fingerprint density at radius 2 is 2.11 bits per heavy atom. The van der Waals surface area contributed by atoms with Crippen LogP contribution in [0.4, 0.5) is 0 Å². The first kappa shape index (κ1) is 18.1. The predicted octanol–water partition coefficient (Wildman–Crippen LogP) is 2.19. The molecule has 0 bridgehead atoms. The zero-order valence-corrected chi connectivity index (χ0v) is 15.9. The summed E-state index contributed by atoms with van der Waals surface area (Å²) < 4.78 is 6.17. The lowest BCUT2D eigenvalue weighted by atomic mass is 9.89. The van der Waals surface area contributed by atoms with Gasteiger partial charge in [-0.2, -0.15) is 5.10 Å². The van der Waals surface area contributed by atoms with Crippen LogP contribution < -0.4 is 0 Å². The fourth-order valence-corrected chi connectivity index (χ4v) is 4.07. The van der Waals surface area contributed by atoms with Crippen molar-refractivity contribution in [3.8, 4) is 11.4 Å². The van der Waals surface area contributed by atoms with Crippen LogP contribution in [0.15, 0.2) is 30.5 Å². The summed E-state index contributed by atoms with van der Waals surface area (Å²) in [6.07, 6.45) is 4.87. The van der Waals surface area contributed by atoms with E-state index in [4.69, 9.17) is 4.74 Å². The molecule has 7 nitrogen and oxygen atoms in total. The van der Waals surface area contributed by atoms with Crippen molar-refractivity contribution >= 4 is 5.91 Å². The molecule has 7 heteroatoms. The minimum atomic E-state index is -0.192. The molecule has 27 heavy (non-hydrogen) atoms. The summed E-state index contributed by atoms with van der Waals surface area (Å²) in [7, 11) is 0. The van der Waals surface area contributed by atoms with E-state index in [1.165, 1.54) is 6.42 Å². The molecule has 144 valence electrons. The number of rotatable bonds is 4. The van der Waals surface area contributed by atoms with Gasteiger partial charge >= 0.3 is 0 Å². The maximum atomic E-state index is 13.0. The third-order valence-corrected chi connectivity index (χ3v) is 5.58. The van der Waals surface area contributed by atoms with Gasteiger partial charge in [0.05, 0.1) is 24.4 Å². The summed E-state index contributed by atoms with van der Waals surface area (Å²) in [6, 6.07) is 7.45. The molecule has 2 aliphatic rings. The predicted molar refractivity (Wildman–Crippen MR) is 102 cm³/mol. The highest BCUT2D eigenvalue weighted by molar-refractivity contribution is 5.93. The summed E-state index contributed by atoms with van der Waals surface area (Å²) in [5, 5.41) is 7.15. The molecule has 0 atom stereocenters. The summed E-state index contributed by atoms with van der Waals surface area (Å²) >= 11 is 0. The van der Waals surface area contributed by atoms with E-state index in [2.05, 4.69) is 27.0 Å². The number of aromatic amines is 1. The number of nitrogens with zero attached hydrogens (tertiary/aromatic N) is 4. The highest BCUT2D eigenvalue weighted by atomic mass is 16.5. The van der Waals surface area contributed by atoms with Gasteiger partial charge in [-0.05, 0) is 44.0 Å². The van der Waals surface area contributed by atoms with Crippen LogP contribution in [-0.4, -0.2) is 75.8 Å². The van der Waals surface area contributed by atoms with Gasteiger partial charge in [0.25, 0.3) is 5.91 Å². The molecule has 4 heterocycles. The van der Waals surface area contributed by atoms with Crippen LogP contribution in [0.5, 0.6) is 0 Å². The summed E-state index contributed by atoms with van der Waals surface area (Å²) in [6.45, 7) is 7.32. The number of morpholine rings is 1. The van der Waals surface area contributed by atoms with Crippen molar-refractivity contribution in [3.63, 3.8) is 0 Å². The van der Waals surface area contributed by atoms with Gasteiger partial charge in [0.2, 0.25) is 0 Å². The van der Waals surface area contributed by atoms with Gasteiger partial charge < -0.3 is 14.5 Å². The van der Waals surface area contributed by atoms with Crippen LogP contribution >= 0.6 is 0 Å². The van der Waals surface area contributed by atoms with Crippen LogP contribution in [0, 0.1) is 0 Å². The Bertz CT molecular complexity index is 768. The molecule has 2 fully saturated rings. The highest BCUT2D eigenvalue weighted by Gasteiger charge is 2.41. The Kier molecular flexibility index (Phi) is 5.22. The molecule has 1 N–H and O–H groups in total. The molecule has 1 spiro atoms. The molecular formula is C20H27N5O2. The third kappa shape index (κ3) is 3.89. The number of aromatic nitrogens is 3. The number of piperidine rings is 1. The molecule has 2 saturated heterocycles. The van der Waals surface area contributed by atoms with Gasteiger partial charge in [-0.25, -0.2) is 0 Å². The smallest absolute Gasteiger partial charge is 0.272 e. The van der Waals surface area contributed by atoms with E-state index in [1.54, 1.807) is 12.3 Å². The maximum Gasteiger partial charge on any atom is 0.272 e. The van der Waals surface area contributed by atoms with Gasteiger partial charge in [-0.3, -0.25) is 14.9 Å². The van der Waals surface area contributed by atoms with Crippen molar-refractivity contribution in [1.29, 1.82) is 0 Å². The minimum absolute atomic E-state index is 0.0108. The van der Waals surface area contributed by atoms with Gasteiger partial charge in [-0.1, -0.05) is 13.0 Å². The molecule has 4 rings (SSSR count). The van der Waals surface area contributed by atoms with Gasteiger partial charge in [0.1, 0.15) is 11.4 Å². The van der Waals surface area contributed by atoms with E-state index in [-0.39, 0.29) is 11.5 Å². The second-order valence-corrected chi connectivity index (χ2v) is 7.48. The van der Waals surface area contributed by atoms with Crippen LogP contribution in [-0.2, 0) is 4.74 Å². The van der Waals surface area contributed by atoms with Crippen LogP contribution in [0.25, 0.3) is 11.4 Å². The lowest BCUT2D eigenvalue weighted by molar-refractivity contribution is -0.127. The molecule has 0 unspecified atom stereocenters. The third-order valence-electron chi connectivity index (χ3n) is 5.58. The standard InChI is InChI=1S/C20H27N5O2/c1-2-9-24-10-6-20(7-11-24)15-25(12-13-27-20)19(26)18-14-17(22-23-18)16-5-3-4-8-21-16/h3-5,8,14H,2,6-7,9-13,15H2,1H3,(H,22,23). The molecule has 0 saturated carbocycles. The van der Waals surface area contributed by atoms with Crippen molar-refractivity contribution < 1.29 is 9.53 Å². The molecular weight excluding hydrogens is 342 g/mol. The number of pyridine rings is 1. The number of hydrogen-bond donors (Lipinski definition) is 1. The van der Waals surface area contributed by atoms with E-state index in [1.807, 2.05) is 23.1 Å². The van der Waals surface area contributed by atoms with Crippen molar-refractivity contribution in [3.05, 3.63) is 36.2 Å². The minimum Gasteiger partial charge on any atom is -0.371 e. The van der Waals surface area contributed by atoms with E-state index >= 15 is 0 Å². The van der Waals surface area contributed by atoms with Crippen LogP contribution in [0.1, 0.15) is 36.7 Å². The molecule has 0 radical (unpaired) electrons. The SMILES string of the molecule is CCCN1CCC2(CC1)CN(C(=O)c1cc(-c3ccccn3)n[nH]1)CCO2. The number of ether oxygens (including phenoxy) is 1. The number of likely N-dealkylation sites (tertiary alicyclic amines) is 1. The fourth-order valence-electron chi connectivity index (χ4n) is 4.07. The van der Waals surface area contributed by atoms with Crippen LogP contribution in [0.2, 0.25) is 0 Å². The van der Waals surface area contributed by atoms with Crippen molar-refractivity contribution in [2.45, 2.75) is 31.8 Å². The first-order valence-electron chi connectivity index (χ1n) is 9.81. The quantitative estimate of drug-likeness (QED) is 0.894. The number of carbonyl (C=O) groups excluding carboxylic acids is 1.